The quantitative estimate of drug-likeness (QED) is 0.152. The van der Waals surface area contributed by atoms with E-state index in [9.17, 15) is 0 Å². The zero-order chi connectivity index (χ0) is 98.9. The predicted octanol–water partition coefficient (Wildman–Crippen LogP) is 34.9. The van der Waals surface area contributed by atoms with Crippen molar-refractivity contribution in [2.75, 3.05) is 0 Å². The van der Waals surface area contributed by atoms with Gasteiger partial charge < -0.3 is 18.9 Å². The Morgan fingerprint density at radius 1 is 0.171 bits per heavy atom. The zero-order valence-electron chi connectivity index (χ0n) is 84.7. The van der Waals surface area contributed by atoms with Gasteiger partial charge in [0.25, 0.3) is 0 Å². The molecule has 0 spiro atoms. The average Bonchev–Trinajstić information content (AvgIpc) is 0.722. The average molecular weight is 1890 g/mol. The second-order valence-electron chi connectivity index (χ2n) is 41.7. The number of hydrogen-bond donors (Lipinski definition) is 0. The van der Waals surface area contributed by atoms with Gasteiger partial charge in [0.1, 0.15) is 23.0 Å². The second-order valence-corrected chi connectivity index (χ2v) is 41.7. The Balaban J connectivity index is 0.000000102. The molecule has 2 atom stereocenters. The monoisotopic (exact) mass is 1880 g/mol. The van der Waals surface area contributed by atoms with Gasteiger partial charge in [-0.3, -0.25) is 0 Å². The van der Waals surface area contributed by atoms with E-state index in [1.807, 2.05) is 0 Å². The summed E-state index contributed by atoms with van der Waals surface area (Å²) in [5.74, 6) is 4.12. The van der Waals surface area contributed by atoms with E-state index >= 15 is 0 Å². The lowest BCUT2D eigenvalue weighted by Gasteiger charge is -2.39. The molecule has 20 aromatic rings. The van der Waals surface area contributed by atoms with Crippen LogP contribution in [0.3, 0.4) is 0 Å². The van der Waals surface area contributed by atoms with Gasteiger partial charge in [0.15, 0.2) is 22.4 Å². The van der Waals surface area contributed by atoms with Gasteiger partial charge in [-0.25, -0.2) is 0 Å². The van der Waals surface area contributed by atoms with Gasteiger partial charge in [0.2, 0.25) is 0 Å². The Bertz CT molecular complexity index is 8200. The molecule has 0 fully saturated rings. The summed E-state index contributed by atoms with van der Waals surface area (Å²) in [7, 11) is 0. The van der Waals surface area contributed by atoms with Crippen molar-refractivity contribution in [1.29, 1.82) is 0 Å². The molecule has 708 valence electrons. The van der Waals surface area contributed by atoms with Crippen LogP contribution in [0.15, 0.2) is 400 Å². The third-order valence-electron chi connectivity index (χ3n) is 32.7. The largest absolute Gasteiger partial charge is 0.473 e. The topological polar surface area (TPSA) is 36.9 Å². The Labute approximate surface area is 858 Å². The SMILES string of the molecule is Cc1ccc(C2(c3ccc(C)c(C)c3)C=Cc3c(c4c(c5ccccc35)-c3ccccc3CC4)O2)cc1.Cc1ccc(C2(c3ccc(C)c(C)c3)C=Cc3c(c4c(c5ccccc35)-c3ccccc3CC4)O2)cc1.Cc1ccc(C2(c3ccc(C)cc3)C=Cc3c(c4c(c5ccccc35)-c3ccccc3CC4)O2)cc1.Cc1ccc(C2(c3ccc(C)cc3)C=Cc3c(c4c(c5ccccc35)-c3ccccc3CC4)O2)cc1. The zero-order valence-corrected chi connectivity index (χ0v) is 84.7. The third-order valence-corrected chi connectivity index (χ3v) is 32.7. The van der Waals surface area contributed by atoms with Gasteiger partial charge in [-0.2, -0.15) is 0 Å². The summed E-state index contributed by atoms with van der Waals surface area (Å²) in [4.78, 5) is 0. The molecule has 20 aromatic carbocycles. The van der Waals surface area contributed by atoms with E-state index in [0.29, 0.717) is 0 Å². The van der Waals surface area contributed by atoms with Crippen molar-refractivity contribution in [3.8, 4) is 67.5 Å². The van der Waals surface area contributed by atoms with E-state index < -0.39 is 22.4 Å². The van der Waals surface area contributed by atoms with E-state index in [1.54, 1.807) is 0 Å². The first kappa shape index (κ1) is 90.8. The fourth-order valence-electron chi connectivity index (χ4n) is 24.5. The standard InChI is InChI=1S/2C36H30O.2C35H28O/c2*1-23-12-16-27(17-13-23)36(28-18-14-24(2)25(3)22-28)21-20-32-30-10-6-7-11-31(30)34-29-9-5-4-8-26(29)15-19-33(34)35(32)37-36;2*1-23-11-16-26(17-12-23)35(27-18-13-24(2)14-19-27)22-21-31-29-9-5-6-10-30(29)33-28-8-4-3-7-25(28)15-20-32(33)34(31)36-35/h2*4-14,16-18,20-22H,15,19H2,1-3H3;2*3-14,16-19,21-22H,15,20H2,1-2H3. The lowest BCUT2D eigenvalue weighted by molar-refractivity contribution is 0.159. The van der Waals surface area contributed by atoms with E-state index in [4.69, 9.17) is 18.9 Å². The maximum absolute atomic E-state index is 7.36. The van der Waals surface area contributed by atoms with Gasteiger partial charge in [-0.15, -0.1) is 0 Å². The summed E-state index contributed by atoms with van der Waals surface area (Å²) in [5, 5.41) is 10.2. The van der Waals surface area contributed by atoms with Crippen molar-refractivity contribution in [3.63, 3.8) is 0 Å². The van der Waals surface area contributed by atoms with Gasteiger partial charge in [0.05, 0.1) is 0 Å². The van der Waals surface area contributed by atoms with Crippen molar-refractivity contribution < 1.29 is 18.9 Å². The molecule has 0 radical (unpaired) electrons. The van der Waals surface area contributed by atoms with Crippen LogP contribution >= 0.6 is 0 Å². The summed E-state index contributed by atoms with van der Waals surface area (Å²) < 4.78 is 29.3. The highest BCUT2D eigenvalue weighted by Gasteiger charge is 2.46. The first-order chi connectivity index (χ1) is 71.4. The molecule has 146 heavy (non-hydrogen) atoms. The summed E-state index contributed by atoms with van der Waals surface area (Å²) in [5.41, 5.74) is 45.6. The molecule has 2 unspecified atom stereocenters. The Morgan fingerprint density at radius 3 is 0.568 bits per heavy atom. The van der Waals surface area contributed by atoms with Crippen molar-refractivity contribution in [2.24, 2.45) is 0 Å². The number of aryl methyl sites for hydroxylation is 14. The van der Waals surface area contributed by atoms with Crippen molar-refractivity contribution >= 4 is 67.4 Å². The molecule has 4 aliphatic heterocycles. The van der Waals surface area contributed by atoms with Crippen LogP contribution in [0.1, 0.15) is 167 Å². The highest BCUT2D eigenvalue weighted by molar-refractivity contribution is 6.11. The minimum Gasteiger partial charge on any atom is -0.473 e. The summed E-state index contributed by atoms with van der Waals surface area (Å²) >= 11 is 0. The van der Waals surface area contributed by atoms with Crippen LogP contribution in [-0.2, 0) is 73.8 Å². The first-order valence-corrected chi connectivity index (χ1v) is 52.1. The molecule has 4 nitrogen and oxygen atoms in total. The number of hydrogen-bond acceptors (Lipinski definition) is 4. The number of rotatable bonds is 8. The van der Waals surface area contributed by atoms with Gasteiger partial charge in [0, 0.05) is 89.0 Å². The summed E-state index contributed by atoms with van der Waals surface area (Å²) in [6.07, 6.45) is 26.4. The fourth-order valence-corrected chi connectivity index (χ4v) is 24.5. The molecular formula is C142H116O4. The van der Waals surface area contributed by atoms with E-state index in [-0.39, 0.29) is 0 Å². The molecular weight excluding hydrogens is 1770 g/mol. The molecule has 8 aliphatic rings. The van der Waals surface area contributed by atoms with E-state index in [1.165, 1.54) is 221 Å². The Kier molecular flexibility index (Phi) is 22.7. The lowest BCUT2D eigenvalue weighted by Crippen LogP contribution is -2.35. The highest BCUT2D eigenvalue weighted by atomic mass is 16.5. The van der Waals surface area contributed by atoms with Crippen molar-refractivity contribution in [3.05, 3.63) is 567 Å². The normalized spacial score (nSPS) is 16.3. The molecule has 0 N–H and O–H groups in total. The highest BCUT2D eigenvalue weighted by Crippen LogP contribution is 2.59. The van der Waals surface area contributed by atoms with Gasteiger partial charge >= 0.3 is 0 Å². The molecule has 0 amide bonds. The number of benzene rings is 20. The van der Waals surface area contributed by atoms with Crippen LogP contribution in [-0.4, -0.2) is 0 Å². The second kappa shape index (κ2) is 36.5. The maximum Gasteiger partial charge on any atom is 0.178 e. The van der Waals surface area contributed by atoms with Crippen LogP contribution in [0, 0.1) is 69.2 Å². The minimum atomic E-state index is -0.688. The Hall–Kier alpha value is -16.4. The molecule has 0 saturated heterocycles. The maximum atomic E-state index is 7.36. The predicted molar refractivity (Wildman–Crippen MR) is 608 cm³/mol. The first-order valence-electron chi connectivity index (χ1n) is 52.1. The summed E-state index contributed by atoms with van der Waals surface area (Å²) in [6.45, 7) is 21.5. The van der Waals surface area contributed by atoms with Crippen LogP contribution in [0.5, 0.6) is 23.0 Å². The molecule has 4 heteroatoms. The van der Waals surface area contributed by atoms with Crippen LogP contribution in [0.4, 0.5) is 0 Å². The molecule has 4 aliphatic carbocycles. The van der Waals surface area contributed by atoms with E-state index in [2.05, 4.69) is 494 Å². The molecule has 0 bridgehead atoms. The number of fused-ring (bicyclic) bond motifs is 32. The smallest absolute Gasteiger partial charge is 0.178 e. The third kappa shape index (κ3) is 15.3. The molecule has 0 aromatic heterocycles. The molecule has 4 heterocycles. The van der Waals surface area contributed by atoms with Gasteiger partial charge in [-0.05, 0) is 301 Å². The van der Waals surface area contributed by atoms with Crippen LogP contribution in [0.2, 0.25) is 0 Å². The molecule has 0 saturated carbocycles. The Morgan fingerprint density at radius 2 is 0.356 bits per heavy atom. The van der Waals surface area contributed by atoms with Crippen molar-refractivity contribution in [2.45, 2.75) is 143 Å². The lowest BCUT2D eigenvalue weighted by atomic mass is 9.78. The van der Waals surface area contributed by atoms with Crippen LogP contribution in [0.25, 0.3) is 112 Å². The minimum absolute atomic E-state index is 0.679. The fraction of sp³-hybridized carbons (Fsp3) is 0.155. The van der Waals surface area contributed by atoms with Crippen LogP contribution < -0.4 is 18.9 Å². The van der Waals surface area contributed by atoms with Crippen molar-refractivity contribution in [1.82, 2.24) is 0 Å². The number of ether oxygens (including phenoxy) is 4. The van der Waals surface area contributed by atoms with Gasteiger partial charge in [-0.1, -0.05) is 409 Å². The molecule has 28 rings (SSSR count). The van der Waals surface area contributed by atoms with E-state index in [0.717, 1.165) is 108 Å². The summed E-state index contributed by atoms with van der Waals surface area (Å²) in [6, 6.07) is 137.